The zero-order valence-corrected chi connectivity index (χ0v) is 8.99. The van der Waals surface area contributed by atoms with Crippen LogP contribution in [0.2, 0.25) is 0 Å². The molecule has 0 aliphatic heterocycles. The van der Waals surface area contributed by atoms with Gasteiger partial charge in [0.2, 0.25) is 12.3 Å². The number of amides is 1. The van der Waals surface area contributed by atoms with Crippen molar-refractivity contribution in [2.24, 2.45) is 0 Å². The molecule has 0 bridgehead atoms. The van der Waals surface area contributed by atoms with E-state index in [1.165, 1.54) is 0 Å². The van der Waals surface area contributed by atoms with E-state index < -0.39 is 0 Å². The van der Waals surface area contributed by atoms with E-state index in [9.17, 15) is 9.59 Å². The van der Waals surface area contributed by atoms with E-state index in [-0.39, 0.29) is 5.91 Å². The highest BCUT2D eigenvalue weighted by atomic mass is 16.2. The summed E-state index contributed by atoms with van der Waals surface area (Å²) >= 11 is 0. The van der Waals surface area contributed by atoms with Gasteiger partial charge in [0.25, 0.3) is 0 Å². The first kappa shape index (κ1) is 11.4. The lowest BCUT2D eigenvalue weighted by atomic mass is 10.2. The first-order valence-corrected chi connectivity index (χ1v) is 5.04. The molecule has 1 heterocycles. The summed E-state index contributed by atoms with van der Waals surface area (Å²) in [6.45, 7) is 3.79. The van der Waals surface area contributed by atoms with Gasteiger partial charge in [-0.25, -0.2) is 0 Å². The molecule has 0 saturated heterocycles. The van der Waals surface area contributed by atoms with Gasteiger partial charge in [-0.3, -0.25) is 9.59 Å². The lowest BCUT2D eigenvalue weighted by Gasteiger charge is -2.05. The lowest BCUT2D eigenvalue weighted by Crippen LogP contribution is -2.15. The fourth-order valence-electron chi connectivity index (χ4n) is 1.29. The summed E-state index contributed by atoms with van der Waals surface area (Å²) in [4.78, 5) is 21.9. The van der Waals surface area contributed by atoms with E-state index >= 15 is 0 Å². The van der Waals surface area contributed by atoms with Gasteiger partial charge in [-0.15, -0.1) is 0 Å². The first-order valence-electron chi connectivity index (χ1n) is 5.04. The summed E-state index contributed by atoms with van der Waals surface area (Å²) < 4.78 is 1.15. The van der Waals surface area contributed by atoms with Crippen molar-refractivity contribution >= 4 is 18.1 Å². The van der Waals surface area contributed by atoms with E-state index in [4.69, 9.17) is 0 Å². The normalized spacial score (nSPS) is 10.0. The minimum Gasteiger partial charge on any atom is -0.310 e. The predicted octanol–water partition coefficient (Wildman–Crippen LogP) is 1.22. The highest BCUT2D eigenvalue weighted by Crippen LogP contribution is 2.15. The number of rotatable bonds is 5. The smallest absolute Gasteiger partial charge is 0.236 e. The average Bonchev–Trinajstić information content (AvgIpc) is 2.61. The van der Waals surface area contributed by atoms with E-state index in [1.807, 2.05) is 6.92 Å². The van der Waals surface area contributed by atoms with Crippen molar-refractivity contribution in [1.82, 2.24) is 9.78 Å². The van der Waals surface area contributed by atoms with Gasteiger partial charge >= 0.3 is 0 Å². The van der Waals surface area contributed by atoms with Crippen LogP contribution < -0.4 is 5.32 Å². The molecule has 0 saturated carbocycles. The van der Waals surface area contributed by atoms with Gasteiger partial charge in [-0.2, -0.15) is 9.78 Å². The molecule has 1 aromatic rings. The number of hydrogen-bond acceptors (Lipinski definition) is 3. The molecule has 0 aliphatic rings. The first-order chi connectivity index (χ1) is 7.22. The summed E-state index contributed by atoms with van der Waals surface area (Å²) in [5.41, 5.74) is 0.895. The Balaban J connectivity index is 2.93. The standard InChI is InChI=1S/C10H15N3O2/c1-3-5-8-6-11-13(7-14)10(8)12-9(15)4-2/h6-7H,3-5H2,1-2H3,(H,12,15). The second-order valence-corrected chi connectivity index (χ2v) is 3.22. The Morgan fingerprint density at radius 3 is 2.87 bits per heavy atom. The molecular formula is C10H15N3O2. The zero-order valence-electron chi connectivity index (χ0n) is 8.99. The van der Waals surface area contributed by atoms with Gasteiger partial charge in [-0.1, -0.05) is 20.3 Å². The monoisotopic (exact) mass is 209 g/mol. The Bertz CT molecular complexity index is 358. The van der Waals surface area contributed by atoms with Gasteiger partial charge < -0.3 is 5.32 Å². The van der Waals surface area contributed by atoms with Crippen molar-refractivity contribution in [3.63, 3.8) is 0 Å². The predicted molar refractivity (Wildman–Crippen MR) is 57.3 cm³/mol. The summed E-state index contributed by atoms with van der Waals surface area (Å²) in [5.74, 6) is 0.384. The number of carbonyl (C=O) groups is 2. The Labute approximate surface area is 88.5 Å². The Morgan fingerprint density at radius 2 is 2.33 bits per heavy atom. The molecule has 82 valence electrons. The molecule has 0 spiro atoms. The van der Waals surface area contributed by atoms with Crippen molar-refractivity contribution in [2.75, 3.05) is 5.32 Å². The molecule has 0 aromatic carbocycles. The molecular weight excluding hydrogens is 194 g/mol. The minimum absolute atomic E-state index is 0.115. The molecule has 5 heteroatoms. The number of aromatic nitrogens is 2. The van der Waals surface area contributed by atoms with Gasteiger partial charge in [0.1, 0.15) is 5.82 Å². The molecule has 15 heavy (non-hydrogen) atoms. The van der Waals surface area contributed by atoms with Crippen LogP contribution in [-0.2, 0) is 16.0 Å². The van der Waals surface area contributed by atoms with Crippen LogP contribution in [0.25, 0.3) is 0 Å². The fraction of sp³-hybridized carbons (Fsp3) is 0.500. The van der Waals surface area contributed by atoms with Crippen LogP contribution in [0.1, 0.15) is 32.3 Å². The number of nitrogens with zero attached hydrogens (tertiary/aromatic N) is 2. The van der Waals surface area contributed by atoms with Crippen LogP contribution in [0.15, 0.2) is 6.20 Å². The van der Waals surface area contributed by atoms with E-state index in [2.05, 4.69) is 10.4 Å². The van der Waals surface area contributed by atoms with Gasteiger partial charge in [0, 0.05) is 12.0 Å². The number of aryl methyl sites for hydroxylation is 1. The Hall–Kier alpha value is -1.65. The summed E-state index contributed by atoms with van der Waals surface area (Å²) in [6.07, 6.45) is 4.33. The molecule has 1 N–H and O–H groups in total. The largest absolute Gasteiger partial charge is 0.310 e. The minimum atomic E-state index is -0.115. The molecule has 0 atom stereocenters. The molecule has 0 aliphatic carbocycles. The third-order valence-corrected chi connectivity index (χ3v) is 2.07. The van der Waals surface area contributed by atoms with Gasteiger partial charge in [-0.05, 0) is 6.42 Å². The third-order valence-electron chi connectivity index (χ3n) is 2.07. The van der Waals surface area contributed by atoms with Crippen LogP contribution in [0.5, 0.6) is 0 Å². The number of hydrogen-bond donors (Lipinski definition) is 1. The van der Waals surface area contributed by atoms with Crippen LogP contribution >= 0.6 is 0 Å². The summed E-state index contributed by atoms with van der Waals surface area (Å²) in [6, 6.07) is 0. The van der Waals surface area contributed by atoms with Crippen molar-refractivity contribution in [3.8, 4) is 0 Å². The van der Waals surface area contributed by atoms with Crippen molar-refractivity contribution in [1.29, 1.82) is 0 Å². The van der Waals surface area contributed by atoms with Gasteiger partial charge in [0.15, 0.2) is 0 Å². The Morgan fingerprint density at radius 1 is 1.60 bits per heavy atom. The molecule has 5 nitrogen and oxygen atoms in total. The maximum Gasteiger partial charge on any atom is 0.236 e. The van der Waals surface area contributed by atoms with E-state index in [0.717, 1.165) is 23.1 Å². The molecule has 1 aromatic heterocycles. The van der Waals surface area contributed by atoms with Crippen LogP contribution in [0.3, 0.4) is 0 Å². The summed E-state index contributed by atoms with van der Waals surface area (Å²) in [5, 5.41) is 6.55. The fourth-order valence-corrected chi connectivity index (χ4v) is 1.29. The van der Waals surface area contributed by atoms with Crippen LogP contribution in [0, 0.1) is 0 Å². The van der Waals surface area contributed by atoms with E-state index in [1.54, 1.807) is 13.1 Å². The van der Waals surface area contributed by atoms with Crippen molar-refractivity contribution < 1.29 is 9.59 Å². The number of anilines is 1. The zero-order chi connectivity index (χ0) is 11.3. The number of carbonyl (C=O) groups excluding carboxylic acids is 2. The lowest BCUT2D eigenvalue weighted by molar-refractivity contribution is -0.115. The second-order valence-electron chi connectivity index (χ2n) is 3.22. The second kappa shape index (κ2) is 5.29. The molecule has 0 unspecified atom stereocenters. The van der Waals surface area contributed by atoms with E-state index in [0.29, 0.717) is 18.6 Å². The van der Waals surface area contributed by atoms with Crippen molar-refractivity contribution in [2.45, 2.75) is 33.1 Å². The molecule has 1 rings (SSSR count). The van der Waals surface area contributed by atoms with Gasteiger partial charge in [0.05, 0.1) is 6.20 Å². The third kappa shape index (κ3) is 2.65. The Kier molecular flexibility index (Phi) is 4.03. The molecule has 0 radical (unpaired) electrons. The van der Waals surface area contributed by atoms with Crippen LogP contribution in [0.4, 0.5) is 5.82 Å². The summed E-state index contributed by atoms with van der Waals surface area (Å²) in [7, 11) is 0. The SMILES string of the molecule is CCCc1cnn(C=O)c1NC(=O)CC. The molecule has 0 fully saturated rings. The maximum absolute atomic E-state index is 11.2. The average molecular weight is 209 g/mol. The highest BCUT2D eigenvalue weighted by Gasteiger charge is 2.11. The quantitative estimate of drug-likeness (QED) is 0.741. The molecule has 1 amide bonds. The van der Waals surface area contributed by atoms with Crippen molar-refractivity contribution in [3.05, 3.63) is 11.8 Å². The highest BCUT2D eigenvalue weighted by molar-refractivity contribution is 5.91. The number of nitrogens with one attached hydrogen (secondary N) is 1. The van der Waals surface area contributed by atoms with Crippen LogP contribution in [-0.4, -0.2) is 22.1 Å². The topological polar surface area (TPSA) is 64.0 Å². The maximum atomic E-state index is 11.2.